The number of thioether (sulfide) groups is 1. The number of ether oxygens (including phenoxy) is 2. The van der Waals surface area contributed by atoms with Crippen LogP contribution in [0.2, 0.25) is 0 Å². The summed E-state index contributed by atoms with van der Waals surface area (Å²) in [4.78, 5) is 0. The fourth-order valence-electron chi connectivity index (χ4n) is 2.80. The molecule has 0 saturated heterocycles. The van der Waals surface area contributed by atoms with Crippen LogP contribution < -0.4 is 0 Å². The molecule has 114 valence electrons. The summed E-state index contributed by atoms with van der Waals surface area (Å²) in [5.74, 6) is -0.581. The molecule has 0 radical (unpaired) electrons. The predicted molar refractivity (Wildman–Crippen MR) is 73.6 cm³/mol. The van der Waals surface area contributed by atoms with E-state index in [0.29, 0.717) is 6.61 Å². The fourth-order valence-corrected chi connectivity index (χ4v) is 4.00. The molecular formula is C14H19F3O2S. The third kappa shape index (κ3) is 4.27. The Hall–Kier alpha value is -0.460. The van der Waals surface area contributed by atoms with Crippen molar-refractivity contribution in [1.82, 2.24) is 0 Å². The quantitative estimate of drug-likeness (QED) is 0.547. The van der Waals surface area contributed by atoms with Crippen LogP contribution in [0.1, 0.15) is 19.3 Å². The lowest BCUT2D eigenvalue weighted by Gasteiger charge is -2.26. The van der Waals surface area contributed by atoms with E-state index in [1.807, 2.05) is 0 Å². The second kappa shape index (κ2) is 7.00. The van der Waals surface area contributed by atoms with Crippen LogP contribution in [0.3, 0.4) is 0 Å². The summed E-state index contributed by atoms with van der Waals surface area (Å²) < 4.78 is 47.4. The zero-order valence-corrected chi connectivity index (χ0v) is 12.2. The third-order valence-corrected chi connectivity index (χ3v) is 4.93. The van der Waals surface area contributed by atoms with Crippen LogP contribution in [0.4, 0.5) is 13.2 Å². The van der Waals surface area contributed by atoms with Gasteiger partial charge in [0.1, 0.15) is 6.79 Å². The average molecular weight is 308 g/mol. The van der Waals surface area contributed by atoms with Gasteiger partial charge >= 0.3 is 6.18 Å². The molecule has 0 aromatic rings. The molecule has 0 bridgehead atoms. The first-order valence-electron chi connectivity index (χ1n) is 6.66. The number of rotatable bonds is 6. The topological polar surface area (TPSA) is 18.5 Å². The molecular weight excluding hydrogens is 289 g/mol. The van der Waals surface area contributed by atoms with Crippen molar-refractivity contribution in [2.24, 2.45) is 5.92 Å². The van der Waals surface area contributed by atoms with Crippen molar-refractivity contribution in [3.8, 4) is 0 Å². The molecule has 0 heterocycles. The van der Waals surface area contributed by atoms with Crippen LogP contribution >= 0.6 is 11.8 Å². The standard InChI is InChI=1S/C14H19F3O2S/c1-18-9-19-7-11-4-2-3-10-5-6-12(13(10)11)20-8-14(15,16)17/h2-3,11-12H,4-9H2,1H3. The maximum Gasteiger partial charge on any atom is 0.397 e. The predicted octanol–water partition coefficient (Wildman–Crippen LogP) is 3.94. The van der Waals surface area contributed by atoms with Gasteiger partial charge in [-0.15, -0.1) is 11.8 Å². The first-order valence-corrected chi connectivity index (χ1v) is 7.70. The van der Waals surface area contributed by atoms with Gasteiger partial charge in [-0.05, 0) is 30.4 Å². The maximum absolute atomic E-state index is 12.4. The molecule has 0 aromatic heterocycles. The molecule has 2 rings (SSSR count). The molecule has 0 spiro atoms. The highest BCUT2D eigenvalue weighted by Gasteiger charge is 2.35. The summed E-state index contributed by atoms with van der Waals surface area (Å²) in [6, 6.07) is 0. The fraction of sp³-hybridized carbons (Fsp3) is 0.714. The van der Waals surface area contributed by atoms with Crippen molar-refractivity contribution in [1.29, 1.82) is 0 Å². The van der Waals surface area contributed by atoms with Crippen molar-refractivity contribution < 1.29 is 22.6 Å². The summed E-state index contributed by atoms with van der Waals surface area (Å²) in [5, 5.41) is -0.0206. The minimum atomic E-state index is -4.10. The SMILES string of the molecule is COCOCC1CC=CC2=C1C(SCC(F)(F)F)CC2. The second-order valence-electron chi connectivity index (χ2n) is 5.05. The van der Waals surface area contributed by atoms with Gasteiger partial charge in [0, 0.05) is 18.3 Å². The van der Waals surface area contributed by atoms with Crippen LogP contribution in [0.25, 0.3) is 0 Å². The van der Waals surface area contributed by atoms with E-state index in [1.54, 1.807) is 7.11 Å². The Morgan fingerprint density at radius 1 is 1.40 bits per heavy atom. The van der Waals surface area contributed by atoms with Crippen LogP contribution in [0, 0.1) is 5.92 Å². The van der Waals surface area contributed by atoms with E-state index in [2.05, 4.69) is 12.2 Å². The van der Waals surface area contributed by atoms with E-state index in [1.165, 1.54) is 5.57 Å². The Balaban J connectivity index is 1.97. The highest BCUT2D eigenvalue weighted by Crippen LogP contribution is 2.44. The van der Waals surface area contributed by atoms with Gasteiger partial charge in [-0.2, -0.15) is 13.2 Å². The van der Waals surface area contributed by atoms with Gasteiger partial charge in [0.15, 0.2) is 0 Å². The average Bonchev–Trinajstić information content (AvgIpc) is 2.80. The maximum atomic E-state index is 12.4. The minimum Gasteiger partial charge on any atom is -0.359 e. The summed E-state index contributed by atoms with van der Waals surface area (Å²) in [6.45, 7) is 0.739. The molecule has 0 amide bonds. The smallest absolute Gasteiger partial charge is 0.359 e. The number of hydrogen-bond donors (Lipinski definition) is 0. The van der Waals surface area contributed by atoms with Gasteiger partial charge in [-0.3, -0.25) is 0 Å². The number of hydrogen-bond acceptors (Lipinski definition) is 3. The largest absolute Gasteiger partial charge is 0.397 e. The Bertz CT molecular complexity index is 390. The molecule has 0 aromatic carbocycles. The van der Waals surface area contributed by atoms with Gasteiger partial charge in [-0.25, -0.2) is 0 Å². The third-order valence-electron chi connectivity index (χ3n) is 3.54. The van der Waals surface area contributed by atoms with Crippen LogP contribution in [0.5, 0.6) is 0 Å². The van der Waals surface area contributed by atoms with E-state index >= 15 is 0 Å². The first-order chi connectivity index (χ1) is 9.51. The molecule has 2 atom stereocenters. The monoisotopic (exact) mass is 308 g/mol. The molecule has 0 aliphatic heterocycles. The molecule has 2 aliphatic carbocycles. The summed E-state index contributed by atoms with van der Waals surface area (Å²) >= 11 is 1.02. The number of allylic oxidation sites excluding steroid dienone is 3. The molecule has 0 fully saturated rings. The Labute approximate surface area is 121 Å². The van der Waals surface area contributed by atoms with E-state index in [0.717, 1.165) is 36.6 Å². The van der Waals surface area contributed by atoms with Crippen molar-refractivity contribution in [2.75, 3.05) is 26.3 Å². The van der Waals surface area contributed by atoms with Crippen molar-refractivity contribution >= 4 is 11.8 Å². The van der Waals surface area contributed by atoms with Crippen LogP contribution in [-0.4, -0.2) is 37.7 Å². The summed E-state index contributed by atoms with van der Waals surface area (Å²) in [7, 11) is 1.56. The van der Waals surface area contributed by atoms with Gasteiger partial charge in [-0.1, -0.05) is 12.2 Å². The van der Waals surface area contributed by atoms with Gasteiger partial charge < -0.3 is 9.47 Å². The van der Waals surface area contributed by atoms with E-state index in [9.17, 15) is 13.2 Å². The van der Waals surface area contributed by atoms with Crippen LogP contribution in [0.15, 0.2) is 23.3 Å². The summed E-state index contributed by atoms with van der Waals surface area (Å²) in [5.41, 5.74) is 2.37. The van der Waals surface area contributed by atoms with Crippen LogP contribution in [-0.2, 0) is 9.47 Å². The molecule has 2 nitrogen and oxygen atoms in total. The molecule has 0 saturated carbocycles. The van der Waals surface area contributed by atoms with Crippen molar-refractivity contribution in [2.45, 2.75) is 30.7 Å². The number of methoxy groups -OCH3 is 1. The molecule has 20 heavy (non-hydrogen) atoms. The lowest BCUT2D eigenvalue weighted by molar-refractivity contribution is -0.105. The van der Waals surface area contributed by atoms with E-state index < -0.39 is 11.9 Å². The minimum absolute atomic E-state index is 0.0206. The number of halogens is 3. The van der Waals surface area contributed by atoms with Crippen molar-refractivity contribution in [3.63, 3.8) is 0 Å². The Morgan fingerprint density at radius 2 is 2.20 bits per heavy atom. The highest BCUT2D eigenvalue weighted by atomic mass is 32.2. The molecule has 6 heteroatoms. The van der Waals surface area contributed by atoms with E-state index in [4.69, 9.17) is 9.47 Å². The normalized spacial score (nSPS) is 26.2. The zero-order chi connectivity index (χ0) is 14.6. The van der Waals surface area contributed by atoms with Crippen molar-refractivity contribution in [3.05, 3.63) is 23.3 Å². The molecule has 2 aliphatic rings. The second-order valence-corrected chi connectivity index (χ2v) is 6.24. The first kappa shape index (κ1) is 15.9. The summed E-state index contributed by atoms with van der Waals surface area (Å²) in [6.07, 6.45) is 2.58. The van der Waals surface area contributed by atoms with Gasteiger partial charge in [0.2, 0.25) is 0 Å². The highest BCUT2D eigenvalue weighted by molar-refractivity contribution is 8.00. The molecule has 0 N–H and O–H groups in total. The van der Waals surface area contributed by atoms with E-state index in [-0.39, 0.29) is 18.0 Å². The zero-order valence-electron chi connectivity index (χ0n) is 11.4. The Morgan fingerprint density at radius 3 is 2.90 bits per heavy atom. The lowest BCUT2D eigenvalue weighted by atomic mass is 9.89. The van der Waals surface area contributed by atoms with Gasteiger partial charge in [0.05, 0.1) is 12.4 Å². The van der Waals surface area contributed by atoms with Gasteiger partial charge in [0.25, 0.3) is 0 Å². The Kier molecular flexibility index (Phi) is 5.57. The molecule has 2 unspecified atom stereocenters. The lowest BCUT2D eigenvalue weighted by Crippen LogP contribution is -2.22. The number of alkyl halides is 3.